The van der Waals surface area contributed by atoms with E-state index in [0.717, 1.165) is 43.6 Å². The van der Waals surface area contributed by atoms with Crippen LogP contribution in [0.1, 0.15) is 57.5 Å². The van der Waals surface area contributed by atoms with Crippen molar-refractivity contribution in [3.63, 3.8) is 0 Å². The van der Waals surface area contributed by atoms with E-state index in [1.165, 1.54) is 0 Å². The van der Waals surface area contributed by atoms with Crippen LogP contribution in [0.25, 0.3) is 0 Å². The maximum atomic E-state index is 12.6. The van der Waals surface area contributed by atoms with Crippen LogP contribution in [0.5, 0.6) is 17.2 Å². The minimum absolute atomic E-state index is 0.382. The summed E-state index contributed by atoms with van der Waals surface area (Å²) in [5.41, 5.74) is 2.64. The average molecular weight is 477 g/mol. The number of ether oxygens (including phenoxy) is 4. The molecule has 6 nitrogen and oxygen atoms in total. The van der Waals surface area contributed by atoms with Crippen LogP contribution in [0.4, 0.5) is 0 Å². The van der Waals surface area contributed by atoms with Crippen LogP contribution in [-0.4, -0.2) is 32.3 Å². The molecule has 0 aliphatic heterocycles. The van der Waals surface area contributed by atoms with Gasteiger partial charge >= 0.3 is 11.9 Å². The van der Waals surface area contributed by atoms with E-state index >= 15 is 0 Å². The third kappa shape index (κ3) is 8.26. The standard InChI is InChI=1S/C29H32O6/c1-21-8-10-23(11-9-21)28(30)34-26-16-17-27(22(2)20-26)35-29(31)24-12-14-25(15-13-24)33-19-7-5-4-6-18-32-3/h8-17,20H,4-7,18-19H2,1-3H3. The largest absolute Gasteiger partial charge is 0.494 e. The highest BCUT2D eigenvalue weighted by atomic mass is 16.5. The molecule has 0 heterocycles. The number of carbonyl (C=O) groups is 2. The van der Waals surface area contributed by atoms with E-state index < -0.39 is 11.9 Å². The van der Waals surface area contributed by atoms with Gasteiger partial charge in [-0.25, -0.2) is 9.59 Å². The van der Waals surface area contributed by atoms with Gasteiger partial charge in [-0.3, -0.25) is 0 Å². The normalized spacial score (nSPS) is 10.6. The fraction of sp³-hybridized carbons (Fsp3) is 0.310. The number of methoxy groups -OCH3 is 1. The fourth-order valence-corrected chi connectivity index (χ4v) is 3.39. The molecule has 3 aromatic rings. The quantitative estimate of drug-likeness (QED) is 0.173. The first kappa shape index (κ1) is 26.0. The number of aryl methyl sites for hydroxylation is 2. The van der Waals surface area contributed by atoms with E-state index in [4.69, 9.17) is 18.9 Å². The summed E-state index contributed by atoms with van der Waals surface area (Å²) in [6.45, 7) is 5.17. The molecule has 0 atom stereocenters. The molecule has 0 saturated carbocycles. The molecule has 0 saturated heterocycles. The first-order valence-corrected chi connectivity index (χ1v) is 11.8. The molecule has 0 aromatic heterocycles. The van der Waals surface area contributed by atoms with E-state index in [-0.39, 0.29) is 0 Å². The van der Waals surface area contributed by atoms with E-state index in [1.54, 1.807) is 68.6 Å². The predicted octanol–water partition coefficient (Wildman–Crippen LogP) is 6.33. The van der Waals surface area contributed by atoms with Crippen LogP contribution in [0.3, 0.4) is 0 Å². The molecule has 3 aromatic carbocycles. The molecular formula is C29H32O6. The van der Waals surface area contributed by atoms with E-state index in [9.17, 15) is 9.59 Å². The summed E-state index contributed by atoms with van der Waals surface area (Å²) < 4.78 is 21.8. The zero-order valence-electron chi connectivity index (χ0n) is 20.5. The molecule has 35 heavy (non-hydrogen) atoms. The Morgan fingerprint density at radius 1 is 0.657 bits per heavy atom. The van der Waals surface area contributed by atoms with Gasteiger partial charge in [0.05, 0.1) is 17.7 Å². The Morgan fingerprint density at radius 2 is 1.23 bits per heavy atom. The van der Waals surface area contributed by atoms with Gasteiger partial charge in [-0.1, -0.05) is 24.1 Å². The zero-order valence-corrected chi connectivity index (χ0v) is 20.5. The molecule has 0 N–H and O–H groups in total. The summed E-state index contributed by atoms with van der Waals surface area (Å²) in [5, 5.41) is 0. The Kier molecular flexibility index (Phi) is 9.87. The number of rotatable bonds is 12. The second-order valence-electron chi connectivity index (χ2n) is 8.35. The summed E-state index contributed by atoms with van der Waals surface area (Å²) in [6, 6.07) is 19.0. The number of carbonyl (C=O) groups excluding carboxylic acids is 2. The number of hydrogen-bond donors (Lipinski definition) is 0. The maximum absolute atomic E-state index is 12.6. The van der Waals surface area contributed by atoms with E-state index in [2.05, 4.69) is 0 Å². The fourth-order valence-electron chi connectivity index (χ4n) is 3.39. The highest BCUT2D eigenvalue weighted by Gasteiger charge is 2.13. The van der Waals surface area contributed by atoms with Gasteiger partial charge in [0.25, 0.3) is 0 Å². The number of hydrogen-bond acceptors (Lipinski definition) is 6. The lowest BCUT2D eigenvalue weighted by Gasteiger charge is -2.11. The first-order chi connectivity index (χ1) is 17.0. The van der Waals surface area contributed by atoms with Crippen LogP contribution in [-0.2, 0) is 4.74 Å². The topological polar surface area (TPSA) is 71.1 Å². The van der Waals surface area contributed by atoms with Crippen molar-refractivity contribution >= 4 is 11.9 Å². The number of unbranched alkanes of at least 4 members (excludes halogenated alkanes) is 3. The molecule has 3 rings (SSSR count). The molecular weight excluding hydrogens is 444 g/mol. The average Bonchev–Trinajstić information content (AvgIpc) is 2.86. The molecule has 0 fully saturated rings. The molecule has 0 aliphatic rings. The van der Waals surface area contributed by atoms with Crippen molar-refractivity contribution in [1.29, 1.82) is 0 Å². The van der Waals surface area contributed by atoms with Crippen molar-refractivity contribution in [3.8, 4) is 17.2 Å². The Labute approximate surface area is 206 Å². The van der Waals surface area contributed by atoms with Gasteiger partial charge in [-0.2, -0.15) is 0 Å². The minimum Gasteiger partial charge on any atom is -0.494 e. The van der Waals surface area contributed by atoms with Crippen LogP contribution in [0, 0.1) is 13.8 Å². The van der Waals surface area contributed by atoms with Crippen molar-refractivity contribution in [3.05, 3.63) is 89.0 Å². The van der Waals surface area contributed by atoms with Crippen molar-refractivity contribution in [2.45, 2.75) is 39.5 Å². The van der Waals surface area contributed by atoms with Gasteiger partial charge in [0.2, 0.25) is 0 Å². The van der Waals surface area contributed by atoms with Crippen molar-refractivity contribution in [1.82, 2.24) is 0 Å². The number of benzene rings is 3. The maximum Gasteiger partial charge on any atom is 0.343 e. The monoisotopic (exact) mass is 476 g/mol. The Bertz CT molecular complexity index is 1100. The second kappa shape index (κ2) is 13.3. The van der Waals surface area contributed by atoms with E-state index in [1.807, 2.05) is 19.1 Å². The summed E-state index contributed by atoms with van der Waals surface area (Å²) in [7, 11) is 1.71. The Balaban J connectivity index is 1.49. The van der Waals surface area contributed by atoms with E-state index in [0.29, 0.717) is 34.8 Å². The molecule has 0 amide bonds. The van der Waals surface area contributed by atoms with Gasteiger partial charge in [0.1, 0.15) is 17.2 Å². The molecule has 6 heteroatoms. The minimum atomic E-state index is -0.470. The molecule has 0 spiro atoms. The first-order valence-electron chi connectivity index (χ1n) is 11.8. The molecule has 0 radical (unpaired) electrons. The highest BCUT2D eigenvalue weighted by Crippen LogP contribution is 2.25. The third-order valence-corrected chi connectivity index (χ3v) is 5.45. The lowest BCUT2D eigenvalue weighted by Crippen LogP contribution is -2.10. The van der Waals surface area contributed by atoms with Gasteiger partial charge < -0.3 is 18.9 Å². The lowest BCUT2D eigenvalue weighted by atomic mass is 10.1. The summed E-state index contributed by atoms with van der Waals surface area (Å²) in [5.74, 6) is 0.589. The predicted molar refractivity (Wildman–Crippen MR) is 135 cm³/mol. The van der Waals surface area contributed by atoms with Crippen molar-refractivity contribution in [2.24, 2.45) is 0 Å². The van der Waals surface area contributed by atoms with Crippen LogP contribution in [0.15, 0.2) is 66.7 Å². The Hall–Kier alpha value is -3.64. The zero-order chi connectivity index (χ0) is 25.0. The molecule has 0 aliphatic carbocycles. The van der Waals surface area contributed by atoms with Gasteiger partial charge in [-0.05, 0) is 93.3 Å². The second-order valence-corrected chi connectivity index (χ2v) is 8.35. The number of esters is 2. The van der Waals surface area contributed by atoms with Crippen LogP contribution in [0.2, 0.25) is 0 Å². The molecule has 184 valence electrons. The molecule has 0 unspecified atom stereocenters. The summed E-state index contributed by atoms with van der Waals surface area (Å²) in [6.07, 6.45) is 4.26. The van der Waals surface area contributed by atoms with Crippen molar-refractivity contribution in [2.75, 3.05) is 20.3 Å². The van der Waals surface area contributed by atoms with Gasteiger partial charge in [-0.15, -0.1) is 0 Å². The SMILES string of the molecule is COCCCCCCOc1ccc(C(=O)Oc2ccc(OC(=O)c3ccc(C)cc3)cc2C)cc1. The summed E-state index contributed by atoms with van der Waals surface area (Å²) in [4.78, 5) is 24.9. The summed E-state index contributed by atoms with van der Waals surface area (Å²) >= 11 is 0. The third-order valence-electron chi connectivity index (χ3n) is 5.45. The lowest BCUT2D eigenvalue weighted by molar-refractivity contribution is 0.0718. The van der Waals surface area contributed by atoms with Crippen LogP contribution < -0.4 is 14.2 Å². The smallest absolute Gasteiger partial charge is 0.343 e. The molecule has 0 bridgehead atoms. The van der Waals surface area contributed by atoms with Gasteiger partial charge in [0, 0.05) is 13.7 Å². The van der Waals surface area contributed by atoms with Crippen molar-refractivity contribution < 1.29 is 28.5 Å². The highest BCUT2D eigenvalue weighted by molar-refractivity contribution is 5.92. The van der Waals surface area contributed by atoms with Crippen LogP contribution >= 0.6 is 0 Å². The van der Waals surface area contributed by atoms with Gasteiger partial charge in [0.15, 0.2) is 0 Å². The Morgan fingerprint density at radius 3 is 1.86 bits per heavy atom.